The predicted octanol–water partition coefficient (Wildman–Crippen LogP) is 11.7. The van der Waals surface area contributed by atoms with Crippen molar-refractivity contribution in [2.45, 2.75) is 194 Å². The Bertz CT molecular complexity index is 551. The molecule has 1 aromatic heterocycles. The van der Waals surface area contributed by atoms with Crippen molar-refractivity contribution in [1.82, 2.24) is 0 Å². The van der Waals surface area contributed by atoms with Crippen LogP contribution in [0.25, 0.3) is 0 Å². The molecule has 36 heavy (non-hydrogen) atoms. The predicted molar refractivity (Wildman–Crippen MR) is 162 cm³/mol. The first kappa shape index (κ1) is 33.2. The molecule has 1 rings (SSSR count). The Morgan fingerprint density at radius 3 is 1.22 bits per heavy atom. The monoisotopic (exact) mass is 501 g/mol. The molecule has 0 atom stereocenters. The maximum absolute atomic E-state index is 2.44. The van der Waals surface area contributed by atoms with Crippen LogP contribution in [0, 0.1) is 0 Å². The van der Waals surface area contributed by atoms with Gasteiger partial charge in [0, 0.05) is 18.1 Å². The van der Waals surface area contributed by atoms with E-state index in [1.54, 1.807) is 0 Å². The van der Waals surface area contributed by atoms with Gasteiger partial charge in [-0.1, -0.05) is 162 Å². The Labute approximate surface area is 228 Å². The van der Waals surface area contributed by atoms with Gasteiger partial charge in [0.2, 0.25) is 0 Å². The van der Waals surface area contributed by atoms with Crippen LogP contribution in [0.15, 0.2) is 24.5 Å². The van der Waals surface area contributed by atoms with Gasteiger partial charge in [-0.2, -0.15) is 0 Å². The van der Waals surface area contributed by atoms with Crippen LogP contribution >= 0.6 is 0 Å². The van der Waals surface area contributed by atoms with Crippen molar-refractivity contribution < 1.29 is 4.57 Å². The molecule has 0 bridgehead atoms. The summed E-state index contributed by atoms with van der Waals surface area (Å²) in [5.74, 6) is 0. The zero-order valence-electron chi connectivity index (χ0n) is 25.1. The summed E-state index contributed by atoms with van der Waals surface area (Å²) in [6.07, 6.45) is 43.3. The molecule has 0 N–H and O–H groups in total. The van der Waals surface area contributed by atoms with E-state index in [-0.39, 0.29) is 0 Å². The SMILES string of the molecule is CCCCCCCCCCCCCCCCCCc1ccc[n+](CCCCCCCCCCCC)c1. The third-order valence-corrected chi connectivity index (χ3v) is 8.01. The lowest BCUT2D eigenvalue weighted by Crippen LogP contribution is -2.33. The van der Waals surface area contributed by atoms with Gasteiger partial charge in [-0.25, -0.2) is 4.57 Å². The molecule has 0 aliphatic carbocycles. The summed E-state index contributed by atoms with van der Waals surface area (Å²) in [6.45, 7) is 5.80. The smallest absolute Gasteiger partial charge is 0.171 e. The molecular formula is C35H66N+. The Kier molecular flexibility index (Phi) is 25.1. The van der Waals surface area contributed by atoms with Crippen molar-refractivity contribution in [2.24, 2.45) is 0 Å². The molecule has 1 heteroatoms. The average molecular weight is 501 g/mol. The zero-order chi connectivity index (χ0) is 25.8. The summed E-state index contributed by atoms with van der Waals surface area (Å²) < 4.78 is 2.44. The molecule has 1 aromatic rings. The van der Waals surface area contributed by atoms with Crippen molar-refractivity contribution in [2.75, 3.05) is 0 Å². The molecule has 0 aromatic carbocycles. The molecule has 0 spiro atoms. The second kappa shape index (κ2) is 27.2. The van der Waals surface area contributed by atoms with Gasteiger partial charge in [0.1, 0.15) is 6.54 Å². The second-order valence-electron chi connectivity index (χ2n) is 11.7. The summed E-state index contributed by atoms with van der Waals surface area (Å²) in [5.41, 5.74) is 1.54. The van der Waals surface area contributed by atoms with Crippen molar-refractivity contribution in [3.8, 4) is 0 Å². The third-order valence-electron chi connectivity index (χ3n) is 8.01. The number of rotatable bonds is 28. The van der Waals surface area contributed by atoms with Gasteiger partial charge >= 0.3 is 0 Å². The van der Waals surface area contributed by atoms with Gasteiger partial charge < -0.3 is 0 Å². The average Bonchev–Trinajstić information content (AvgIpc) is 2.90. The lowest BCUT2D eigenvalue weighted by molar-refractivity contribution is -0.697. The van der Waals surface area contributed by atoms with Crippen LogP contribution in [0.1, 0.15) is 186 Å². The normalized spacial score (nSPS) is 11.4. The van der Waals surface area contributed by atoms with Gasteiger partial charge in [0.25, 0.3) is 0 Å². The highest BCUT2D eigenvalue weighted by Crippen LogP contribution is 2.15. The van der Waals surface area contributed by atoms with Crippen LogP contribution in [-0.4, -0.2) is 0 Å². The van der Waals surface area contributed by atoms with Crippen molar-refractivity contribution in [3.05, 3.63) is 30.1 Å². The molecule has 0 aliphatic heterocycles. The van der Waals surface area contributed by atoms with Crippen LogP contribution in [-0.2, 0) is 13.0 Å². The number of aryl methyl sites for hydroxylation is 2. The van der Waals surface area contributed by atoms with Gasteiger partial charge in [0.05, 0.1) is 0 Å². The highest BCUT2D eigenvalue weighted by Gasteiger charge is 2.03. The minimum Gasteiger partial charge on any atom is -0.205 e. The molecule has 0 unspecified atom stereocenters. The Balaban J connectivity index is 1.88. The third kappa shape index (κ3) is 22.4. The van der Waals surface area contributed by atoms with E-state index >= 15 is 0 Å². The largest absolute Gasteiger partial charge is 0.205 e. The molecule has 1 heterocycles. The summed E-state index contributed by atoms with van der Waals surface area (Å²) in [7, 11) is 0. The molecule has 210 valence electrons. The fourth-order valence-electron chi connectivity index (χ4n) is 5.52. The lowest BCUT2D eigenvalue weighted by atomic mass is 10.0. The van der Waals surface area contributed by atoms with Crippen molar-refractivity contribution >= 4 is 0 Å². The number of aromatic nitrogens is 1. The number of nitrogens with zero attached hydrogens (tertiary/aromatic N) is 1. The van der Waals surface area contributed by atoms with E-state index in [0.717, 1.165) is 0 Å². The van der Waals surface area contributed by atoms with Gasteiger partial charge in [-0.3, -0.25) is 0 Å². The van der Waals surface area contributed by atoms with E-state index in [4.69, 9.17) is 0 Å². The Morgan fingerprint density at radius 1 is 0.444 bits per heavy atom. The highest BCUT2D eigenvalue weighted by atomic mass is 14.9. The zero-order valence-corrected chi connectivity index (χ0v) is 25.1. The van der Waals surface area contributed by atoms with Crippen molar-refractivity contribution in [1.29, 1.82) is 0 Å². The number of pyridine rings is 1. The fourth-order valence-corrected chi connectivity index (χ4v) is 5.52. The maximum Gasteiger partial charge on any atom is 0.171 e. The molecular weight excluding hydrogens is 434 g/mol. The molecule has 0 saturated carbocycles. The van der Waals surface area contributed by atoms with E-state index in [2.05, 4.69) is 42.9 Å². The molecule has 1 nitrogen and oxygen atoms in total. The number of hydrogen-bond acceptors (Lipinski definition) is 0. The van der Waals surface area contributed by atoms with E-state index in [9.17, 15) is 0 Å². The molecule has 0 radical (unpaired) electrons. The van der Waals surface area contributed by atoms with Gasteiger partial charge in [-0.05, 0) is 25.3 Å². The summed E-state index contributed by atoms with van der Waals surface area (Å²) in [6, 6.07) is 4.60. The van der Waals surface area contributed by atoms with E-state index < -0.39 is 0 Å². The number of unbranched alkanes of at least 4 members (excludes halogenated alkanes) is 24. The first-order valence-corrected chi connectivity index (χ1v) is 16.8. The van der Waals surface area contributed by atoms with E-state index in [1.165, 1.54) is 185 Å². The van der Waals surface area contributed by atoms with E-state index in [0.29, 0.717) is 0 Å². The fraction of sp³-hybridized carbons (Fsp3) is 0.857. The lowest BCUT2D eigenvalue weighted by Gasteiger charge is -2.04. The van der Waals surface area contributed by atoms with E-state index in [1.807, 2.05) is 0 Å². The standard InChI is InChI=1S/C35H66N/c1-3-5-7-9-11-13-15-16-17-18-19-20-21-23-25-27-30-35-31-29-33-36(34-35)32-28-26-24-22-14-12-10-8-6-4-2/h29,31,33-34H,3-28,30,32H2,1-2H3/q+1. The first-order chi connectivity index (χ1) is 17.9. The molecule has 0 amide bonds. The Morgan fingerprint density at radius 2 is 0.806 bits per heavy atom. The quantitative estimate of drug-likeness (QED) is 0.0795. The summed E-state index contributed by atoms with van der Waals surface area (Å²) in [4.78, 5) is 0. The topological polar surface area (TPSA) is 3.88 Å². The van der Waals surface area contributed by atoms with Gasteiger partial charge in [-0.15, -0.1) is 0 Å². The molecule has 0 saturated heterocycles. The second-order valence-corrected chi connectivity index (χ2v) is 11.7. The maximum atomic E-state index is 2.44. The summed E-state index contributed by atoms with van der Waals surface area (Å²) >= 11 is 0. The van der Waals surface area contributed by atoms with Crippen LogP contribution in [0.4, 0.5) is 0 Å². The van der Waals surface area contributed by atoms with Crippen LogP contribution in [0.3, 0.4) is 0 Å². The first-order valence-electron chi connectivity index (χ1n) is 16.8. The van der Waals surface area contributed by atoms with Crippen LogP contribution in [0.5, 0.6) is 0 Å². The Hall–Kier alpha value is -0.850. The number of hydrogen-bond donors (Lipinski definition) is 0. The van der Waals surface area contributed by atoms with Crippen LogP contribution < -0.4 is 4.57 Å². The molecule has 0 fully saturated rings. The highest BCUT2D eigenvalue weighted by molar-refractivity contribution is 5.05. The van der Waals surface area contributed by atoms with Crippen molar-refractivity contribution in [3.63, 3.8) is 0 Å². The van der Waals surface area contributed by atoms with Gasteiger partial charge in [0.15, 0.2) is 12.4 Å². The summed E-state index contributed by atoms with van der Waals surface area (Å²) in [5, 5.41) is 0. The van der Waals surface area contributed by atoms with Crippen LogP contribution in [0.2, 0.25) is 0 Å². The molecule has 0 aliphatic rings. The minimum atomic E-state index is 1.20. The minimum absolute atomic E-state index is 1.20.